The number of nitrogens with one attached hydrogen (secondary N) is 1. The molecule has 0 radical (unpaired) electrons. The molecule has 0 saturated heterocycles. The molecule has 25 heavy (non-hydrogen) atoms. The molecule has 2 aromatic rings. The molecular weight excluding hydrogens is 396 g/mol. The number of methoxy groups -OCH3 is 2. The van der Waals surface area contributed by atoms with Crippen LogP contribution in [0.1, 0.15) is 24.1 Å². The standard InChI is InChI=1S/C18H20BrF2NO3/c1-11(15-9-14(23-2)5-7-17(15)24-3)22-10-12-8-13(19)4-6-16(12)25-18(20)21/h4-9,11,18,22H,10H2,1-3H3. The summed E-state index contributed by atoms with van der Waals surface area (Å²) in [4.78, 5) is 0. The minimum atomic E-state index is -2.86. The molecular formula is C18H20BrF2NO3. The average molecular weight is 416 g/mol. The van der Waals surface area contributed by atoms with Crippen LogP contribution in [-0.4, -0.2) is 20.8 Å². The fraction of sp³-hybridized carbons (Fsp3) is 0.333. The zero-order chi connectivity index (χ0) is 18.4. The Bertz CT molecular complexity index is 713. The van der Waals surface area contributed by atoms with E-state index in [1.54, 1.807) is 26.4 Å². The topological polar surface area (TPSA) is 39.7 Å². The number of alkyl halides is 2. The van der Waals surface area contributed by atoms with Gasteiger partial charge < -0.3 is 19.5 Å². The van der Waals surface area contributed by atoms with Gasteiger partial charge >= 0.3 is 6.61 Å². The van der Waals surface area contributed by atoms with Gasteiger partial charge in [-0.15, -0.1) is 0 Å². The van der Waals surface area contributed by atoms with Crippen molar-refractivity contribution in [1.82, 2.24) is 5.32 Å². The summed E-state index contributed by atoms with van der Waals surface area (Å²) >= 11 is 3.35. The van der Waals surface area contributed by atoms with Gasteiger partial charge in [0, 0.05) is 28.2 Å². The van der Waals surface area contributed by atoms with Gasteiger partial charge in [0.2, 0.25) is 0 Å². The number of benzene rings is 2. The highest BCUT2D eigenvalue weighted by Crippen LogP contribution is 2.30. The zero-order valence-corrected chi connectivity index (χ0v) is 15.8. The van der Waals surface area contributed by atoms with Crippen molar-refractivity contribution in [2.24, 2.45) is 0 Å². The quantitative estimate of drug-likeness (QED) is 0.664. The Kier molecular flexibility index (Phi) is 7.01. The second kappa shape index (κ2) is 9.01. The summed E-state index contributed by atoms with van der Waals surface area (Å²) < 4.78 is 41.1. The predicted molar refractivity (Wildman–Crippen MR) is 95.6 cm³/mol. The molecule has 4 nitrogen and oxygen atoms in total. The summed E-state index contributed by atoms with van der Waals surface area (Å²) in [7, 11) is 3.19. The van der Waals surface area contributed by atoms with Crippen LogP contribution in [0.25, 0.3) is 0 Å². The Morgan fingerprint density at radius 2 is 1.76 bits per heavy atom. The first kappa shape index (κ1) is 19.5. The van der Waals surface area contributed by atoms with Crippen LogP contribution in [0.15, 0.2) is 40.9 Å². The molecule has 0 spiro atoms. The minimum absolute atomic E-state index is 0.0940. The van der Waals surface area contributed by atoms with E-state index < -0.39 is 6.61 Å². The summed E-state index contributed by atoms with van der Waals surface area (Å²) in [5, 5.41) is 3.30. The van der Waals surface area contributed by atoms with Crippen molar-refractivity contribution in [3.8, 4) is 17.2 Å². The van der Waals surface area contributed by atoms with Crippen molar-refractivity contribution in [3.63, 3.8) is 0 Å². The molecule has 0 saturated carbocycles. The molecule has 0 fully saturated rings. The third-order valence-corrected chi connectivity index (χ3v) is 4.23. The van der Waals surface area contributed by atoms with Crippen LogP contribution in [0.4, 0.5) is 8.78 Å². The van der Waals surface area contributed by atoms with E-state index in [0.717, 1.165) is 15.8 Å². The first-order chi connectivity index (χ1) is 11.9. The van der Waals surface area contributed by atoms with E-state index in [0.29, 0.717) is 17.9 Å². The maximum absolute atomic E-state index is 12.6. The second-order valence-corrected chi connectivity index (χ2v) is 6.26. The van der Waals surface area contributed by atoms with E-state index >= 15 is 0 Å². The molecule has 0 aliphatic heterocycles. The molecule has 0 aromatic heterocycles. The van der Waals surface area contributed by atoms with E-state index in [9.17, 15) is 8.78 Å². The van der Waals surface area contributed by atoms with E-state index in [1.807, 2.05) is 25.1 Å². The van der Waals surface area contributed by atoms with Gasteiger partial charge in [-0.05, 0) is 43.3 Å². The minimum Gasteiger partial charge on any atom is -0.497 e. The van der Waals surface area contributed by atoms with Crippen LogP contribution in [-0.2, 0) is 6.54 Å². The van der Waals surface area contributed by atoms with Gasteiger partial charge in [-0.25, -0.2) is 0 Å². The van der Waals surface area contributed by atoms with Gasteiger partial charge in [0.1, 0.15) is 17.2 Å². The fourth-order valence-electron chi connectivity index (χ4n) is 2.45. The van der Waals surface area contributed by atoms with Crippen molar-refractivity contribution >= 4 is 15.9 Å². The summed E-state index contributed by atoms with van der Waals surface area (Å²) in [5.74, 6) is 1.59. The molecule has 0 heterocycles. The molecule has 2 rings (SSSR count). The van der Waals surface area contributed by atoms with Crippen LogP contribution < -0.4 is 19.5 Å². The Morgan fingerprint density at radius 3 is 2.40 bits per heavy atom. The van der Waals surface area contributed by atoms with Gasteiger partial charge in [-0.3, -0.25) is 0 Å². The maximum atomic E-state index is 12.6. The lowest BCUT2D eigenvalue weighted by molar-refractivity contribution is -0.0505. The molecule has 1 N–H and O–H groups in total. The van der Waals surface area contributed by atoms with Gasteiger partial charge in [0.25, 0.3) is 0 Å². The molecule has 7 heteroatoms. The molecule has 0 aliphatic rings. The monoisotopic (exact) mass is 415 g/mol. The van der Waals surface area contributed by atoms with Crippen LogP contribution in [0, 0.1) is 0 Å². The number of ether oxygens (including phenoxy) is 3. The number of hydrogen-bond donors (Lipinski definition) is 1. The first-order valence-electron chi connectivity index (χ1n) is 7.63. The van der Waals surface area contributed by atoms with Gasteiger partial charge in [0.05, 0.1) is 14.2 Å². The lowest BCUT2D eigenvalue weighted by atomic mass is 10.1. The summed E-state index contributed by atoms with van der Waals surface area (Å²) in [6, 6.07) is 10.4. The van der Waals surface area contributed by atoms with Gasteiger partial charge in [-0.2, -0.15) is 8.78 Å². The third-order valence-electron chi connectivity index (χ3n) is 3.74. The molecule has 1 atom stereocenters. The highest BCUT2D eigenvalue weighted by Gasteiger charge is 2.15. The Balaban J connectivity index is 2.17. The summed E-state index contributed by atoms with van der Waals surface area (Å²) in [6.45, 7) is -0.554. The fourth-order valence-corrected chi connectivity index (χ4v) is 2.86. The normalized spacial score (nSPS) is 12.1. The van der Waals surface area contributed by atoms with Crippen molar-refractivity contribution in [3.05, 3.63) is 52.0 Å². The maximum Gasteiger partial charge on any atom is 0.387 e. The lowest BCUT2D eigenvalue weighted by Gasteiger charge is -2.19. The van der Waals surface area contributed by atoms with Gasteiger partial charge in [-0.1, -0.05) is 15.9 Å². The SMILES string of the molecule is COc1ccc(OC)c(C(C)NCc2cc(Br)ccc2OC(F)F)c1. The van der Waals surface area contributed by atoms with E-state index in [1.165, 1.54) is 6.07 Å². The van der Waals surface area contributed by atoms with Crippen LogP contribution in [0.3, 0.4) is 0 Å². The Labute approximate surface area is 154 Å². The number of halogens is 3. The zero-order valence-electron chi connectivity index (χ0n) is 14.2. The Morgan fingerprint density at radius 1 is 1.04 bits per heavy atom. The average Bonchev–Trinajstić information content (AvgIpc) is 2.60. The molecule has 136 valence electrons. The molecule has 0 bridgehead atoms. The summed E-state index contributed by atoms with van der Waals surface area (Å²) in [6.07, 6.45) is 0. The third kappa shape index (κ3) is 5.31. The summed E-state index contributed by atoms with van der Waals surface area (Å²) in [5.41, 5.74) is 1.54. The van der Waals surface area contributed by atoms with E-state index in [4.69, 9.17) is 9.47 Å². The van der Waals surface area contributed by atoms with E-state index in [2.05, 4.69) is 26.0 Å². The van der Waals surface area contributed by atoms with E-state index in [-0.39, 0.29) is 11.8 Å². The first-order valence-corrected chi connectivity index (χ1v) is 8.42. The van der Waals surface area contributed by atoms with Crippen LogP contribution >= 0.6 is 15.9 Å². The smallest absolute Gasteiger partial charge is 0.387 e. The highest BCUT2D eigenvalue weighted by molar-refractivity contribution is 9.10. The highest BCUT2D eigenvalue weighted by atomic mass is 79.9. The van der Waals surface area contributed by atoms with Crippen molar-refractivity contribution in [1.29, 1.82) is 0 Å². The Hall–Kier alpha value is -1.86. The predicted octanol–water partition coefficient (Wildman–Crippen LogP) is 4.92. The molecule has 0 amide bonds. The second-order valence-electron chi connectivity index (χ2n) is 5.34. The van der Waals surface area contributed by atoms with Crippen molar-refractivity contribution in [2.45, 2.75) is 26.1 Å². The molecule has 0 aliphatic carbocycles. The largest absolute Gasteiger partial charge is 0.497 e. The number of rotatable bonds is 8. The van der Waals surface area contributed by atoms with Crippen molar-refractivity contribution in [2.75, 3.05) is 14.2 Å². The van der Waals surface area contributed by atoms with Crippen molar-refractivity contribution < 1.29 is 23.0 Å². The van der Waals surface area contributed by atoms with Crippen LogP contribution in [0.2, 0.25) is 0 Å². The lowest BCUT2D eigenvalue weighted by Crippen LogP contribution is -2.19. The molecule has 2 aromatic carbocycles. The molecule has 1 unspecified atom stereocenters. The van der Waals surface area contributed by atoms with Crippen LogP contribution in [0.5, 0.6) is 17.2 Å². The number of hydrogen-bond acceptors (Lipinski definition) is 4. The van der Waals surface area contributed by atoms with Gasteiger partial charge in [0.15, 0.2) is 0 Å².